The number of fused-ring (bicyclic) bond motifs is 1. The summed E-state index contributed by atoms with van der Waals surface area (Å²) in [7, 11) is 0. The van der Waals surface area contributed by atoms with Crippen molar-refractivity contribution in [3.05, 3.63) is 51.5 Å². The van der Waals surface area contributed by atoms with E-state index in [1.54, 1.807) is 31.2 Å². The van der Waals surface area contributed by atoms with Crippen LogP contribution in [0.25, 0.3) is 0 Å². The first-order valence-corrected chi connectivity index (χ1v) is 6.87. The Hall–Kier alpha value is -1.98. The predicted molar refractivity (Wildman–Crippen MR) is 78.8 cm³/mol. The van der Waals surface area contributed by atoms with Crippen molar-refractivity contribution in [1.29, 1.82) is 0 Å². The van der Waals surface area contributed by atoms with Gasteiger partial charge in [-0.3, -0.25) is 14.5 Å². The molecule has 0 radical (unpaired) electrons. The van der Waals surface area contributed by atoms with E-state index >= 15 is 0 Å². The topological polar surface area (TPSA) is 63.2 Å². The first-order chi connectivity index (χ1) is 9.95. The third-order valence-corrected chi connectivity index (χ3v) is 3.53. The van der Waals surface area contributed by atoms with E-state index in [1.807, 2.05) is 0 Å². The molecule has 1 aliphatic rings. The van der Waals surface area contributed by atoms with Gasteiger partial charge in [-0.15, -0.1) is 0 Å². The number of aromatic nitrogens is 2. The van der Waals surface area contributed by atoms with Crippen molar-refractivity contribution >= 4 is 40.6 Å². The number of halogens is 2. The molecular formula is C14H9Cl2N3O2. The van der Waals surface area contributed by atoms with Gasteiger partial charge in [0.25, 0.3) is 11.7 Å². The second kappa shape index (κ2) is 5.09. The van der Waals surface area contributed by atoms with Gasteiger partial charge in [-0.2, -0.15) is 0 Å². The summed E-state index contributed by atoms with van der Waals surface area (Å²) in [5, 5.41) is 0.742. The molecule has 2 heterocycles. The SMILES string of the molecule is Cc1cc(Cl)nc(CN2C(=O)C(=O)c3ccc(Cl)cc32)n1. The van der Waals surface area contributed by atoms with Crippen LogP contribution in [0.5, 0.6) is 0 Å². The zero-order valence-electron chi connectivity index (χ0n) is 10.9. The number of Topliss-reactive ketones (excluding diaryl/α,β-unsaturated/α-hetero) is 1. The van der Waals surface area contributed by atoms with Crippen molar-refractivity contribution in [3.8, 4) is 0 Å². The maximum Gasteiger partial charge on any atom is 0.299 e. The average Bonchev–Trinajstić information content (AvgIpc) is 2.62. The summed E-state index contributed by atoms with van der Waals surface area (Å²) in [5.74, 6) is -0.803. The van der Waals surface area contributed by atoms with Crippen LogP contribution < -0.4 is 4.90 Å². The minimum Gasteiger partial charge on any atom is -0.297 e. The second-order valence-electron chi connectivity index (χ2n) is 4.63. The molecule has 0 saturated heterocycles. The molecule has 0 aliphatic carbocycles. The zero-order valence-corrected chi connectivity index (χ0v) is 12.4. The first-order valence-electron chi connectivity index (χ1n) is 6.11. The highest BCUT2D eigenvalue weighted by atomic mass is 35.5. The van der Waals surface area contributed by atoms with E-state index < -0.39 is 11.7 Å². The molecule has 5 nitrogen and oxygen atoms in total. The summed E-state index contributed by atoms with van der Waals surface area (Å²) in [5.41, 5.74) is 1.50. The van der Waals surface area contributed by atoms with Crippen LogP contribution in [0, 0.1) is 6.92 Å². The lowest BCUT2D eigenvalue weighted by Gasteiger charge is -2.15. The van der Waals surface area contributed by atoms with Crippen LogP contribution in [0.1, 0.15) is 21.9 Å². The lowest BCUT2D eigenvalue weighted by Crippen LogP contribution is -2.30. The normalized spacial score (nSPS) is 13.8. The zero-order chi connectivity index (χ0) is 15.1. The van der Waals surface area contributed by atoms with Crippen molar-refractivity contribution < 1.29 is 9.59 Å². The van der Waals surface area contributed by atoms with Gasteiger partial charge in [0.15, 0.2) is 0 Å². The Bertz CT molecular complexity index is 757. The van der Waals surface area contributed by atoms with Gasteiger partial charge in [-0.25, -0.2) is 9.97 Å². The number of carbonyl (C=O) groups is 2. The molecule has 0 N–H and O–H groups in total. The van der Waals surface area contributed by atoms with Gasteiger partial charge in [-0.05, 0) is 31.2 Å². The van der Waals surface area contributed by atoms with E-state index in [0.717, 1.165) is 0 Å². The molecule has 7 heteroatoms. The Labute approximate surface area is 130 Å². The summed E-state index contributed by atoms with van der Waals surface area (Å²) >= 11 is 11.8. The van der Waals surface area contributed by atoms with Crippen LogP contribution >= 0.6 is 23.2 Å². The number of benzene rings is 1. The van der Waals surface area contributed by atoms with Crippen LogP contribution in [0.4, 0.5) is 5.69 Å². The molecule has 21 heavy (non-hydrogen) atoms. The minimum absolute atomic E-state index is 0.0688. The van der Waals surface area contributed by atoms with Crippen LogP contribution in [0.2, 0.25) is 10.2 Å². The largest absolute Gasteiger partial charge is 0.299 e. The molecule has 1 aromatic carbocycles. The molecule has 106 valence electrons. The van der Waals surface area contributed by atoms with Gasteiger partial charge < -0.3 is 0 Å². The number of ketones is 1. The Morgan fingerprint density at radius 1 is 1.14 bits per heavy atom. The van der Waals surface area contributed by atoms with Gasteiger partial charge in [0.05, 0.1) is 17.8 Å². The molecule has 0 unspecified atom stereocenters. The molecule has 1 aliphatic heterocycles. The van der Waals surface area contributed by atoms with Crippen molar-refractivity contribution in [1.82, 2.24) is 9.97 Å². The lowest BCUT2D eigenvalue weighted by molar-refractivity contribution is -0.114. The van der Waals surface area contributed by atoms with E-state index in [-0.39, 0.29) is 6.54 Å². The molecule has 2 aromatic rings. The number of rotatable bonds is 2. The van der Waals surface area contributed by atoms with E-state index in [2.05, 4.69) is 9.97 Å². The third-order valence-electron chi connectivity index (χ3n) is 3.10. The van der Waals surface area contributed by atoms with Gasteiger partial charge in [0, 0.05) is 10.7 Å². The fraction of sp³-hybridized carbons (Fsp3) is 0.143. The van der Waals surface area contributed by atoms with Crippen LogP contribution in [-0.2, 0) is 11.3 Å². The Kier molecular flexibility index (Phi) is 3.39. The molecule has 0 atom stereocenters. The predicted octanol–water partition coefficient (Wildman–Crippen LogP) is 2.82. The Morgan fingerprint density at radius 3 is 2.62 bits per heavy atom. The molecule has 0 spiro atoms. The van der Waals surface area contributed by atoms with Crippen molar-refractivity contribution in [2.24, 2.45) is 0 Å². The average molecular weight is 322 g/mol. The highest BCUT2D eigenvalue weighted by Gasteiger charge is 2.36. The molecule has 3 rings (SSSR count). The molecular weight excluding hydrogens is 313 g/mol. The highest BCUT2D eigenvalue weighted by molar-refractivity contribution is 6.52. The number of aryl methyl sites for hydroxylation is 1. The highest BCUT2D eigenvalue weighted by Crippen LogP contribution is 2.32. The quantitative estimate of drug-likeness (QED) is 0.630. The summed E-state index contributed by atoms with van der Waals surface area (Å²) in [4.78, 5) is 33.6. The van der Waals surface area contributed by atoms with E-state index in [4.69, 9.17) is 23.2 Å². The summed E-state index contributed by atoms with van der Waals surface area (Å²) in [6.07, 6.45) is 0. The van der Waals surface area contributed by atoms with Gasteiger partial charge in [0.1, 0.15) is 11.0 Å². The van der Waals surface area contributed by atoms with Crippen molar-refractivity contribution in [2.75, 3.05) is 4.90 Å². The third kappa shape index (κ3) is 2.50. The summed E-state index contributed by atoms with van der Waals surface area (Å²) in [6, 6.07) is 6.32. The van der Waals surface area contributed by atoms with Gasteiger partial charge >= 0.3 is 0 Å². The van der Waals surface area contributed by atoms with Gasteiger partial charge in [0.2, 0.25) is 0 Å². The number of carbonyl (C=O) groups excluding carboxylic acids is 2. The fourth-order valence-electron chi connectivity index (χ4n) is 2.23. The maximum absolute atomic E-state index is 12.1. The van der Waals surface area contributed by atoms with Crippen LogP contribution in [0.3, 0.4) is 0 Å². The number of hydrogen-bond acceptors (Lipinski definition) is 4. The van der Waals surface area contributed by atoms with Gasteiger partial charge in [-0.1, -0.05) is 23.2 Å². The van der Waals surface area contributed by atoms with Crippen LogP contribution in [-0.4, -0.2) is 21.7 Å². The lowest BCUT2D eigenvalue weighted by atomic mass is 10.1. The Morgan fingerprint density at radius 2 is 1.90 bits per heavy atom. The van der Waals surface area contributed by atoms with Crippen LogP contribution in [0.15, 0.2) is 24.3 Å². The number of amides is 1. The first kappa shape index (κ1) is 14.0. The molecule has 0 bridgehead atoms. The Balaban J connectivity index is 2.01. The summed E-state index contributed by atoms with van der Waals surface area (Å²) in [6.45, 7) is 1.85. The number of nitrogens with zero attached hydrogens (tertiary/aromatic N) is 3. The van der Waals surface area contributed by atoms with Crippen molar-refractivity contribution in [3.63, 3.8) is 0 Å². The molecule has 1 amide bonds. The van der Waals surface area contributed by atoms with E-state index in [0.29, 0.717) is 32.9 Å². The second-order valence-corrected chi connectivity index (χ2v) is 5.45. The monoisotopic (exact) mass is 321 g/mol. The van der Waals surface area contributed by atoms with E-state index in [9.17, 15) is 9.59 Å². The molecule has 1 aromatic heterocycles. The molecule has 0 saturated carbocycles. The van der Waals surface area contributed by atoms with Crippen molar-refractivity contribution in [2.45, 2.75) is 13.5 Å². The van der Waals surface area contributed by atoms with E-state index in [1.165, 1.54) is 4.90 Å². The summed E-state index contributed by atoms with van der Waals surface area (Å²) < 4.78 is 0. The smallest absolute Gasteiger partial charge is 0.297 e. The standard InChI is InChI=1S/C14H9Cl2N3O2/c1-7-4-11(16)18-12(17-7)6-19-10-5-8(15)2-3-9(10)13(20)14(19)21/h2-5H,6H2,1H3. The minimum atomic E-state index is -0.617. The number of anilines is 1. The fourth-order valence-corrected chi connectivity index (χ4v) is 2.65. The maximum atomic E-state index is 12.1. The number of hydrogen-bond donors (Lipinski definition) is 0. The molecule has 0 fully saturated rings.